The quantitative estimate of drug-likeness (QED) is 0.936. The number of aliphatic hydroxyl groups is 1. The Balaban J connectivity index is 2.48. The van der Waals surface area contributed by atoms with Gasteiger partial charge in [0.2, 0.25) is 0 Å². The highest BCUT2D eigenvalue weighted by molar-refractivity contribution is 7.21. The van der Waals surface area contributed by atoms with Gasteiger partial charge in [-0.3, -0.25) is 4.79 Å². The Morgan fingerprint density at radius 2 is 2.21 bits per heavy atom. The summed E-state index contributed by atoms with van der Waals surface area (Å²) in [7, 11) is 0. The molecule has 19 heavy (non-hydrogen) atoms. The second-order valence-corrected chi connectivity index (χ2v) is 5.33. The standard InChI is InChI=1S/C14H16FNO2S/c1-3-16(7-8-17)14(18)13-9(2)12-10(15)5-4-6-11(12)19-13/h4-6,17H,3,7-8H2,1-2H3. The van der Waals surface area contributed by atoms with Crippen molar-refractivity contribution in [3.05, 3.63) is 34.5 Å². The van der Waals surface area contributed by atoms with Crippen LogP contribution < -0.4 is 0 Å². The SMILES string of the molecule is CCN(CCO)C(=O)c1sc2cccc(F)c2c1C. The minimum Gasteiger partial charge on any atom is -0.395 e. The molecule has 2 rings (SSSR count). The third kappa shape index (κ3) is 2.48. The molecule has 1 aromatic carbocycles. The number of carbonyl (C=O) groups excluding carboxylic acids is 1. The van der Waals surface area contributed by atoms with Crippen molar-refractivity contribution in [1.29, 1.82) is 0 Å². The second-order valence-electron chi connectivity index (χ2n) is 4.28. The van der Waals surface area contributed by atoms with E-state index in [1.165, 1.54) is 17.4 Å². The zero-order valence-electron chi connectivity index (χ0n) is 10.9. The first-order chi connectivity index (χ1) is 9.10. The van der Waals surface area contributed by atoms with Gasteiger partial charge in [0.15, 0.2) is 0 Å². The van der Waals surface area contributed by atoms with E-state index in [4.69, 9.17) is 5.11 Å². The number of amides is 1. The van der Waals surface area contributed by atoms with E-state index in [9.17, 15) is 9.18 Å². The first-order valence-electron chi connectivity index (χ1n) is 6.17. The predicted octanol–water partition coefficient (Wildman–Crippen LogP) is 2.80. The number of benzene rings is 1. The third-order valence-corrected chi connectivity index (χ3v) is 4.38. The molecule has 1 N–H and O–H groups in total. The summed E-state index contributed by atoms with van der Waals surface area (Å²) < 4.78 is 14.6. The maximum atomic E-state index is 13.8. The molecule has 0 spiro atoms. The molecule has 102 valence electrons. The fraction of sp³-hybridized carbons (Fsp3) is 0.357. The molecule has 1 amide bonds. The van der Waals surface area contributed by atoms with Crippen LogP contribution >= 0.6 is 11.3 Å². The Kier molecular flexibility index (Phi) is 4.17. The highest BCUT2D eigenvalue weighted by Gasteiger charge is 2.21. The lowest BCUT2D eigenvalue weighted by Gasteiger charge is -2.19. The van der Waals surface area contributed by atoms with Gasteiger partial charge in [0, 0.05) is 23.2 Å². The first kappa shape index (κ1) is 14.0. The fourth-order valence-corrected chi connectivity index (χ4v) is 3.32. The molecule has 0 saturated carbocycles. The van der Waals surface area contributed by atoms with Gasteiger partial charge in [-0.25, -0.2) is 4.39 Å². The van der Waals surface area contributed by atoms with Crippen LogP contribution in [-0.4, -0.2) is 35.6 Å². The number of hydrogen-bond acceptors (Lipinski definition) is 3. The minimum atomic E-state index is -0.296. The zero-order chi connectivity index (χ0) is 14.0. The number of likely N-dealkylation sites (N-methyl/N-ethyl adjacent to an activating group) is 1. The van der Waals surface area contributed by atoms with Crippen LogP contribution in [-0.2, 0) is 0 Å². The number of nitrogens with zero attached hydrogens (tertiary/aromatic N) is 1. The zero-order valence-corrected chi connectivity index (χ0v) is 11.8. The molecule has 0 aliphatic carbocycles. The van der Waals surface area contributed by atoms with Crippen LogP contribution in [0.1, 0.15) is 22.2 Å². The van der Waals surface area contributed by atoms with Crippen LogP contribution in [0.15, 0.2) is 18.2 Å². The Bertz CT molecular complexity index is 609. The van der Waals surface area contributed by atoms with Crippen LogP contribution in [0.3, 0.4) is 0 Å². The van der Waals surface area contributed by atoms with Crippen molar-refractivity contribution in [2.75, 3.05) is 19.7 Å². The Morgan fingerprint density at radius 3 is 2.79 bits per heavy atom. The minimum absolute atomic E-state index is 0.0715. The number of aryl methyl sites for hydroxylation is 1. The average molecular weight is 281 g/mol. The highest BCUT2D eigenvalue weighted by Crippen LogP contribution is 2.33. The van der Waals surface area contributed by atoms with E-state index in [0.29, 0.717) is 28.9 Å². The van der Waals surface area contributed by atoms with Crippen molar-refractivity contribution < 1.29 is 14.3 Å². The molecule has 0 radical (unpaired) electrons. The number of halogens is 1. The lowest BCUT2D eigenvalue weighted by Crippen LogP contribution is -2.33. The molecule has 0 aliphatic rings. The van der Waals surface area contributed by atoms with Crippen molar-refractivity contribution in [3.8, 4) is 0 Å². The van der Waals surface area contributed by atoms with Gasteiger partial charge in [0.05, 0.1) is 11.5 Å². The molecular weight excluding hydrogens is 265 g/mol. The third-order valence-electron chi connectivity index (χ3n) is 3.14. The van der Waals surface area contributed by atoms with E-state index in [1.54, 1.807) is 17.9 Å². The van der Waals surface area contributed by atoms with Gasteiger partial charge in [0.1, 0.15) is 5.82 Å². The number of thiophene rings is 1. The smallest absolute Gasteiger partial charge is 0.264 e. The van der Waals surface area contributed by atoms with E-state index >= 15 is 0 Å². The van der Waals surface area contributed by atoms with Gasteiger partial charge in [-0.15, -0.1) is 11.3 Å². The van der Waals surface area contributed by atoms with Crippen LogP contribution in [0.5, 0.6) is 0 Å². The lowest BCUT2D eigenvalue weighted by molar-refractivity contribution is 0.0736. The van der Waals surface area contributed by atoms with Gasteiger partial charge in [0.25, 0.3) is 5.91 Å². The summed E-state index contributed by atoms with van der Waals surface area (Å²) in [5.41, 5.74) is 0.680. The summed E-state index contributed by atoms with van der Waals surface area (Å²) in [6.07, 6.45) is 0. The second kappa shape index (κ2) is 5.67. The molecule has 0 saturated heterocycles. The normalized spacial score (nSPS) is 10.9. The van der Waals surface area contributed by atoms with Gasteiger partial charge < -0.3 is 10.0 Å². The maximum Gasteiger partial charge on any atom is 0.264 e. The summed E-state index contributed by atoms with van der Waals surface area (Å²) in [5, 5.41) is 9.49. The molecule has 0 bridgehead atoms. The van der Waals surface area contributed by atoms with Crippen LogP contribution in [0, 0.1) is 12.7 Å². The van der Waals surface area contributed by atoms with Gasteiger partial charge in [-0.2, -0.15) is 0 Å². The fourth-order valence-electron chi connectivity index (χ4n) is 2.12. The van der Waals surface area contributed by atoms with Gasteiger partial charge in [-0.05, 0) is 31.5 Å². The maximum absolute atomic E-state index is 13.8. The van der Waals surface area contributed by atoms with E-state index in [-0.39, 0.29) is 18.3 Å². The van der Waals surface area contributed by atoms with Crippen molar-refractivity contribution in [1.82, 2.24) is 4.90 Å². The summed E-state index contributed by atoms with van der Waals surface area (Å²) in [4.78, 5) is 14.5. The summed E-state index contributed by atoms with van der Waals surface area (Å²) >= 11 is 1.30. The molecule has 0 aliphatic heterocycles. The molecule has 0 unspecified atom stereocenters. The predicted molar refractivity (Wildman–Crippen MR) is 75.2 cm³/mol. The van der Waals surface area contributed by atoms with Crippen molar-refractivity contribution in [3.63, 3.8) is 0 Å². The summed E-state index contributed by atoms with van der Waals surface area (Å²) in [6, 6.07) is 4.87. The van der Waals surface area contributed by atoms with Crippen LogP contribution in [0.4, 0.5) is 4.39 Å². The van der Waals surface area contributed by atoms with E-state index in [0.717, 1.165) is 4.70 Å². The van der Waals surface area contributed by atoms with E-state index in [1.807, 2.05) is 13.0 Å². The molecular formula is C14H16FNO2S. The number of fused-ring (bicyclic) bond motifs is 1. The molecule has 1 heterocycles. The van der Waals surface area contributed by atoms with Crippen molar-refractivity contribution in [2.24, 2.45) is 0 Å². The average Bonchev–Trinajstić information content (AvgIpc) is 2.74. The number of aliphatic hydroxyl groups excluding tert-OH is 1. The molecule has 0 atom stereocenters. The van der Waals surface area contributed by atoms with Crippen LogP contribution in [0.2, 0.25) is 0 Å². The Hall–Kier alpha value is -1.46. The van der Waals surface area contributed by atoms with E-state index < -0.39 is 0 Å². The highest BCUT2D eigenvalue weighted by atomic mass is 32.1. The largest absolute Gasteiger partial charge is 0.395 e. The molecule has 5 heteroatoms. The molecule has 1 aromatic heterocycles. The molecule has 0 fully saturated rings. The number of rotatable bonds is 4. The number of hydrogen-bond donors (Lipinski definition) is 1. The first-order valence-corrected chi connectivity index (χ1v) is 6.99. The van der Waals surface area contributed by atoms with Gasteiger partial charge >= 0.3 is 0 Å². The Labute approximate surface area is 115 Å². The summed E-state index contributed by atoms with van der Waals surface area (Å²) in [5.74, 6) is -0.440. The number of carbonyl (C=O) groups is 1. The lowest BCUT2D eigenvalue weighted by atomic mass is 10.1. The van der Waals surface area contributed by atoms with Gasteiger partial charge in [-0.1, -0.05) is 6.07 Å². The topological polar surface area (TPSA) is 40.5 Å². The Morgan fingerprint density at radius 1 is 1.47 bits per heavy atom. The summed E-state index contributed by atoms with van der Waals surface area (Å²) in [6.45, 7) is 4.37. The monoisotopic (exact) mass is 281 g/mol. The molecule has 2 aromatic rings. The van der Waals surface area contributed by atoms with E-state index in [2.05, 4.69) is 0 Å². The van der Waals surface area contributed by atoms with Crippen molar-refractivity contribution in [2.45, 2.75) is 13.8 Å². The molecule has 3 nitrogen and oxygen atoms in total. The van der Waals surface area contributed by atoms with Crippen LogP contribution in [0.25, 0.3) is 10.1 Å². The van der Waals surface area contributed by atoms with Crippen molar-refractivity contribution >= 4 is 27.3 Å².